The Balaban J connectivity index is 2.84. The van der Waals surface area contributed by atoms with Crippen LogP contribution in [0.25, 0.3) is 0 Å². The highest BCUT2D eigenvalue weighted by atomic mass is 35.5. The van der Waals surface area contributed by atoms with Gasteiger partial charge in [-0.1, -0.05) is 23.2 Å². The van der Waals surface area contributed by atoms with E-state index in [9.17, 15) is 4.79 Å². The zero-order chi connectivity index (χ0) is 12.0. The zero-order valence-electron chi connectivity index (χ0n) is 8.72. The Morgan fingerprint density at radius 1 is 1.44 bits per heavy atom. The molecule has 0 saturated heterocycles. The molecule has 0 amide bonds. The van der Waals surface area contributed by atoms with Gasteiger partial charge < -0.3 is 4.74 Å². The number of carbonyl (C=O) groups excluding carboxylic acids is 1. The van der Waals surface area contributed by atoms with Crippen LogP contribution < -0.4 is 4.74 Å². The average Bonchev–Trinajstić information content (AvgIpc) is 2.26. The van der Waals surface area contributed by atoms with Gasteiger partial charge in [-0.05, 0) is 19.1 Å². The fourth-order valence-electron chi connectivity index (χ4n) is 1.15. The smallest absolute Gasteiger partial charge is 0.153 e. The first-order valence-corrected chi connectivity index (χ1v) is 5.41. The van der Waals surface area contributed by atoms with Gasteiger partial charge in [0.05, 0.1) is 17.2 Å². The standard InChI is InChI=1S/C12H10Cl2O2/c1-2-3-4-5-16-12-9(8-15)6-10(13)7-11(12)14/h6-8H,4-5H2,1H3. The molecule has 1 rings (SSSR count). The summed E-state index contributed by atoms with van der Waals surface area (Å²) in [4.78, 5) is 10.8. The number of ether oxygens (including phenoxy) is 1. The minimum absolute atomic E-state index is 0.332. The molecule has 0 aliphatic carbocycles. The molecule has 0 fully saturated rings. The monoisotopic (exact) mass is 256 g/mol. The third kappa shape index (κ3) is 3.44. The van der Waals surface area contributed by atoms with E-state index in [-0.39, 0.29) is 0 Å². The molecular weight excluding hydrogens is 247 g/mol. The SMILES string of the molecule is CC#CCCOc1c(Cl)cc(Cl)cc1C=O. The average molecular weight is 257 g/mol. The van der Waals surface area contributed by atoms with E-state index in [0.29, 0.717) is 40.7 Å². The van der Waals surface area contributed by atoms with Crippen molar-refractivity contribution >= 4 is 29.5 Å². The lowest BCUT2D eigenvalue weighted by atomic mass is 10.2. The quantitative estimate of drug-likeness (QED) is 0.468. The van der Waals surface area contributed by atoms with Crippen LogP contribution in [0.2, 0.25) is 10.0 Å². The maximum absolute atomic E-state index is 10.8. The van der Waals surface area contributed by atoms with Crippen molar-refractivity contribution in [3.05, 3.63) is 27.7 Å². The van der Waals surface area contributed by atoms with Crippen LogP contribution in [-0.4, -0.2) is 12.9 Å². The maximum atomic E-state index is 10.8. The van der Waals surface area contributed by atoms with Crippen LogP contribution >= 0.6 is 23.2 Å². The van der Waals surface area contributed by atoms with Gasteiger partial charge in [-0.25, -0.2) is 0 Å². The Bertz CT molecular complexity index is 444. The summed E-state index contributed by atoms with van der Waals surface area (Å²) in [6, 6.07) is 3.05. The van der Waals surface area contributed by atoms with Crippen molar-refractivity contribution in [1.29, 1.82) is 0 Å². The number of benzene rings is 1. The normalized spacial score (nSPS) is 9.19. The van der Waals surface area contributed by atoms with E-state index >= 15 is 0 Å². The van der Waals surface area contributed by atoms with E-state index < -0.39 is 0 Å². The minimum Gasteiger partial charge on any atom is -0.490 e. The molecule has 0 radical (unpaired) electrons. The summed E-state index contributed by atoms with van der Waals surface area (Å²) < 4.78 is 5.39. The summed E-state index contributed by atoms with van der Waals surface area (Å²) in [5.41, 5.74) is 0.349. The van der Waals surface area contributed by atoms with Gasteiger partial charge in [0.15, 0.2) is 6.29 Å². The molecule has 1 aromatic rings. The summed E-state index contributed by atoms with van der Waals surface area (Å²) in [7, 11) is 0. The number of hydrogen-bond acceptors (Lipinski definition) is 2. The second-order valence-electron chi connectivity index (χ2n) is 2.95. The number of halogens is 2. The van der Waals surface area contributed by atoms with E-state index in [1.165, 1.54) is 12.1 Å². The summed E-state index contributed by atoms with van der Waals surface area (Å²) in [5.74, 6) is 5.97. The predicted molar refractivity (Wildman–Crippen MR) is 65.4 cm³/mol. The van der Waals surface area contributed by atoms with E-state index in [0.717, 1.165) is 0 Å². The van der Waals surface area contributed by atoms with E-state index in [4.69, 9.17) is 27.9 Å². The lowest BCUT2D eigenvalue weighted by Gasteiger charge is -2.09. The van der Waals surface area contributed by atoms with E-state index in [2.05, 4.69) is 11.8 Å². The summed E-state index contributed by atoms with van der Waals surface area (Å²) in [5, 5.41) is 0.742. The van der Waals surface area contributed by atoms with Gasteiger partial charge in [-0.15, -0.1) is 11.8 Å². The van der Waals surface area contributed by atoms with Crippen LogP contribution in [0.3, 0.4) is 0 Å². The van der Waals surface area contributed by atoms with Gasteiger partial charge in [-0.2, -0.15) is 0 Å². The van der Waals surface area contributed by atoms with Crippen molar-refractivity contribution in [2.75, 3.05) is 6.61 Å². The number of aldehydes is 1. The summed E-state index contributed by atoms with van der Waals surface area (Å²) in [6.45, 7) is 2.15. The van der Waals surface area contributed by atoms with Gasteiger partial charge in [0.1, 0.15) is 5.75 Å². The van der Waals surface area contributed by atoms with E-state index in [1.807, 2.05) is 0 Å². The molecule has 0 aromatic heterocycles. The summed E-state index contributed by atoms with van der Waals surface area (Å²) in [6.07, 6.45) is 1.26. The molecule has 84 valence electrons. The number of carbonyl (C=O) groups is 1. The zero-order valence-corrected chi connectivity index (χ0v) is 10.2. The highest BCUT2D eigenvalue weighted by Crippen LogP contribution is 2.31. The molecule has 0 aliphatic rings. The Morgan fingerprint density at radius 3 is 2.81 bits per heavy atom. The van der Waals surface area contributed by atoms with Crippen LogP contribution in [0.5, 0.6) is 5.75 Å². The first-order chi connectivity index (χ1) is 7.69. The van der Waals surface area contributed by atoms with Gasteiger partial charge in [0.25, 0.3) is 0 Å². The minimum atomic E-state index is 0.332. The van der Waals surface area contributed by atoms with Crippen molar-refractivity contribution in [2.24, 2.45) is 0 Å². The van der Waals surface area contributed by atoms with Gasteiger partial charge >= 0.3 is 0 Å². The molecule has 0 unspecified atom stereocenters. The topological polar surface area (TPSA) is 26.3 Å². The second-order valence-corrected chi connectivity index (χ2v) is 3.79. The summed E-state index contributed by atoms with van der Waals surface area (Å²) >= 11 is 11.7. The molecule has 0 bridgehead atoms. The van der Waals surface area contributed by atoms with Crippen LogP contribution in [0.15, 0.2) is 12.1 Å². The fraction of sp³-hybridized carbons (Fsp3) is 0.250. The van der Waals surface area contributed by atoms with Crippen LogP contribution in [-0.2, 0) is 0 Å². The van der Waals surface area contributed by atoms with Crippen molar-refractivity contribution in [2.45, 2.75) is 13.3 Å². The Hall–Kier alpha value is -1.17. The lowest BCUT2D eigenvalue weighted by Crippen LogP contribution is -2.00. The van der Waals surface area contributed by atoms with Crippen molar-refractivity contribution in [3.63, 3.8) is 0 Å². The van der Waals surface area contributed by atoms with Crippen molar-refractivity contribution < 1.29 is 9.53 Å². The van der Waals surface area contributed by atoms with Crippen LogP contribution in [0.4, 0.5) is 0 Å². The molecule has 0 spiro atoms. The third-order valence-electron chi connectivity index (χ3n) is 1.81. The predicted octanol–water partition coefficient (Wildman–Crippen LogP) is 3.60. The fourth-order valence-corrected chi connectivity index (χ4v) is 1.71. The molecule has 0 saturated carbocycles. The first-order valence-electron chi connectivity index (χ1n) is 4.65. The van der Waals surface area contributed by atoms with Crippen molar-refractivity contribution in [3.8, 4) is 17.6 Å². The van der Waals surface area contributed by atoms with Gasteiger partial charge in [0, 0.05) is 11.4 Å². The van der Waals surface area contributed by atoms with Gasteiger partial charge in [-0.3, -0.25) is 4.79 Å². The van der Waals surface area contributed by atoms with Crippen LogP contribution in [0.1, 0.15) is 23.7 Å². The highest BCUT2D eigenvalue weighted by Gasteiger charge is 2.09. The number of rotatable bonds is 4. The molecule has 2 nitrogen and oxygen atoms in total. The molecular formula is C12H10Cl2O2. The molecule has 0 N–H and O–H groups in total. The van der Waals surface area contributed by atoms with Crippen molar-refractivity contribution in [1.82, 2.24) is 0 Å². The largest absolute Gasteiger partial charge is 0.490 e. The second kappa shape index (κ2) is 6.42. The number of hydrogen-bond donors (Lipinski definition) is 0. The molecule has 16 heavy (non-hydrogen) atoms. The van der Waals surface area contributed by atoms with Gasteiger partial charge in [0.2, 0.25) is 0 Å². The Morgan fingerprint density at radius 2 is 2.19 bits per heavy atom. The molecule has 0 atom stereocenters. The third-order valence-corrected chi connectivity index (χ3v) is 2.31. The maximum Gasteiger partial charge on any atom is 0.153 e. The van der Waals surface area contributed by atoms with Crippen LogP contribution in [0, 0.1) is 11.8 Å². The highest BCUT2D eigenvalue weighted by molar-refractivity contribution is 6.36. The Labute approximate surface area is 105 Å². The Kier molecular flexibility index (Phi) is 5.18. The van der Waals surface area contributed by atoms with E-state index in [1.54, 1.807) is 6.92 Å². The lowest BCUT2D eigenvalue weighted by molar-refractivity contribution is 0.111. The molecule has 1 aromatic carbocycles. The first kappa shape index (κ1) is 12.9. The molecule has 4 heteroatoms. The molecule has 0 heterocycles. The molecule has 0 aliphatic heterocycles.